The lowest BCUT2D eigenvalue weighted by Crippen LogP contribution is -2.46. The van der Waals surface area contributed by atoms with E-state index in [0.29, 0.717) is 33.8 Å². The number of nitro groups is 1. The zero-order valence-corrected chi connectivity index (χ0v) is 37.2. The first-order valence-corrected chi connectivity index (χ1v) is 23.9. The molecule has 1 aromatic heterocycles. The van der Waals surface area contributed by atoms with Crippen molar-refractivity contribution in [3.8, 4) is 11.1 Å². The number of piperazine rings is 1. The molecule has 0 saturated carbocycles. The summed E-state index contributed by atoms with van der Waals surface area (Å²) in [7, 11) is -4.28. The molecule has 2 fully saturated rings. The summed E-state index contributed by atoms with van der Waals surface area (Å²) in [5, 5.41) is 17.2. The number of halogens is 1. The van der Waals surface area contributed by atoms with E-state index in [1.807, 2.05) is 48.5 Å². The zero-order valence-electron chi connectivity index (χ0n) is 34.9. The number of nitro benzene ring substituents is 1. The van der Waals surface area contributed by atoms with Gasteiger partial charge in [-0.05, 0) is 104 Å². The van der Waals surface area contributed by atoms with Crippen molar-refractivity contribution in [1.29, 1.82) is 0 Å². The second kappa shape index (κ2) is 19.4. The highest BCUT2D eigenvalue weighted by Crippen LogP contribution is 2.33. The van der Waals surface area contributed by atoms with Crippen molar-refractivity contribution in [3.63, 3.8) is 0 Å². The number of rotatable bonds is 16. The number of likely N-dealkylation sites (tertiary alicyclic amines) is 1. The largest absolute Gasteiger partial charge is 0.376 e. The lowest BCUT2D eigenvalue weighted by Gasteiger charge is -2.36. The molecule has 0 bridgehead atoms. The number of benzene rings is 5. The van der Waals surface area contributed by atoms with Crippen LogP contribution in [0.25, 0.3) is 22.0 Å². The minimum absolute atomic E-state index is 0.0962. The molecule has 3 atom stereocenters. The minimum Gasteiger partial charge on any atom is -0.376 e. The second-order valence-corrected chi connectivity index (χ2v) is 19.4. The van der Waals surface area contributed by atoms with Crippen molar-refractivity contribution < 1.29 is 13.3 Å². The van der Waals surface area contributed by atoms with Gasteiger partial charge in [0.15, 0.2) is 5.82 Å². The molecule has 3 heterocycles. The van der Waals surface area contributed by atoms with Gasteiger partial charge in [0.2, 0.25) is 0 Å². The summed E-state index contributed by atoms with van der Waals surface area (Å²) < 4.78 is 30.3. The average molecular weight is 892 g/mol. The first-order valence-electron chi connectivity index (χ1n) is 21.1. The van der Waals surface area contributed by atoms with Gasteiger partial charge in [-0.3, -0.25) is 24.6 Å². The first-order chi connectivity index (χ1) is 30.0. The molecule has 2 aliphatic rings. The fourth-order valence-electron chi connectivity index (χ4n) is 8.56. The fourth-order valence-corrected chi connectivity index (χ4v) is 10.7. The molecule has 12 nitrogen and oxygen atoms in total. The molecule has 0 spiro atoms. The highest BCUT2D eigenvalue weighted by Gasteiger charge is 2.29. The third kappa shape index (κ3) is 10.3. The topological polar surface area (TPSA) is 137 Å². The summed E-state index contributed by atoms with van der Waals surface area (Å²) in [6.07, 6.45) is 4.40. The van der Waals surface area contributed by atoms with Gasteiger partial charge < -0.3 is 10.2 Å². The standard InChI is InChI=1S/C47H51ClN8O4S2/c1-33-12-13-34(2)55(33)23-22-38(31-61-40-9-4-3-5-10-40)51-44-21-19-41(29-46(44)56(57)58)62(59,60)52-47-43-20-18-39(28-45(43)49-32-50-47)54-26-24-53(25-27-54)30-36-8-6-7-11-42(36)35-14-16-37(48)17-15-35/h3-11,14-21,28-29,32-34,38,51H,12-13,22-27,30-31H2,1-2H3,(H,49,50,52)/t33-,34-,38?/m0/s1. The van der Waals surface area contributed by atoms with E-state index in [0.717, 1.165) is 80.7 Å². The third-order valence-corrected chi connectivity index (χ3v) is 14.8. The van der Waals surface area contributed by atoms with E-state index in [1.165, 1.54) is 29.6 Å². The number of anilines is 3. The molecule has 2 saturated heterocycles. The van der Waals surface area contributed by atoms with Crippen LogP contribution in [0.1, 0.15) is 38.7 Å². The van der Waals surface area contributed by atoms with E-state index < -0.39 is 14.9 Å². The molecule has 0 amide bonds. The molecule has 5 aromatic carbocycles. The lowest BCUT2D eigenvalue weighted by atomic mass is 9.99. The van der Waals surface area contributed by atoms with Crippen LogP contribution in [-0.4, -0.2) is 89.7 Å². The van der Waals surface area contributed by atoms with Crippen molar-refractivity contribution in [2.45, 2.75) is 67.6 Å². The Bertz CT molecular complexity index is 2600. The molecular formula is C47H51ClN8O4S2. The third-order valence-electron chi connectivity index (χ3n) is 12.1. The Morgan fingerprint density at radius 2 is 1.60 bits per heavy atom. The molecule has 322 valence electrons. The van der Waals surface area contributed by atoms with E-state index in [9.17, 15) is 18.5 Å². The number of hydrogen-bond donors (Lipinski definition) is 2. The Kier molecular flexibility index (Phi) is 13.6. The van der Waals surface area contributed by atoms with Gasteiger partial charge in [0.05, 0.1) is 15.3 Å². The molecule has 0 radical (unpaired) electrons. The maximum absolute atomic E-state index is 13.9. The predicted molar refractivity (Wildman–Crippen MR) is 252 cm³/mol. The maximum atomic E-state index is 13.9. The van der Waals surface area contributed by atoms with E-state index >= 15 is 0 Å². The number of nitrogens with one attached hydrogen (secondary N) is 2. The Morgan fingerprint density at radius 1 is 0.871 bits per heavy atom. The van der Waals surface area contributed by atoms with Crippen LogP contribution in [0, 0.1) is 10.1 Å². The summed E-state index contributed by atoms with van der Waals surface area (Å²) in [5.74, 6) is 0.776. The minimum atomic E-state index is -4.28. The second-order valence-electron chi connectivity index (χ2n) is 16.2. The zero-order chi connectivity index (χ0) is 43.2. The number of fused-ring (bicyclic) bond motifs is 1. The van der Waals surface area contributed by atoms with Gasteiger partial charge in [-0.15, -0.1) is 11.8 Å². The Labute approximate surface area is 372 Å². The smallest absolute Gasteiger partial charge is 0.293 e. The maximum Gasteiger partial charge on any atom is 0.293 e. The number of sulfonamides is 1. The van der Waals surface area contributed by atoms with Crippen molar-refractivity contribution in [3.05, 3.63) is 142 Å². The molecule has 0 aliphatic carbocycles. The van der Waals surface area contributed by atoms with E-state index in [-0.39, 0.29) is 28.1 Å². The molecule has 62 heavy (non-hydrogen) atoms. The van der Waals surface area contributed by atoms with Gasteiger partial charge in [-0.2, -0.15) is 0 Å². The van der Waals surface area contributed by atoms with Crippen LogP contribution in [0.4, 0.5) is 22.9 Å². The number of thioether (sulfide) groups is 1. The van der Waals surface area contributed by atoms with Crippen LogP contribution in [-0.2, 0) is 16.6 Å². The van der Waals surface area contributed by atoms with Crippen molar-refractivity contribution in [1.82, 2.24) is 19.8 Å². The van der Waals surface area contributed by atoms with E-state index in [2.05, 4.69) is 97.1 Å². The number of nitrogens with zero attached hydrogens (tertiary/aromatic N) is 6. The SMILES string of the molecule is C[C@H]1CC[C@H](C)N1CCC(CSc1ccccc1)Nc1ccc(S(=O)(=O)Nc2ncnc3cc(N4CCN(Cc5ccccc5-c5ccc(Cl)cc5)CC4)ccc23)cc1[N+](=O)[O-]. The van der Waals surface area contributed by atoms with Crippen LogP contribution in [0.2, 0.25) is 5.02 Å². The molecule has 8 rings (SSSR count). The van der Waals surface area contributed by atoms with Gasteiger partial charge in [0, 0.05) is 90.2 Å². The summed E-state index contributed by atoms with van der Waals surface area (Å²) >= 11 is 7.84. The van der Waals surface area contributed by atoms with E-state index in [1.54, 1.807) is 11.8 Å². The van der Waals surface area contributed by atoms with Crippen LogP contribution < -0.4 is 14.9 Å². The number of hydrogen-bond acceptors (Lipinski definition) is 11. The van der Waals surface area contributed by atoms with Gasteiger partial charge in [0.25, 0.3) is 15.7 Å². The summed E-state index contributed by atoms with van der Waals surface area (Å²) in [4.78, 5) is 28.9. The van der Waals surface area contributed by atoms with Gasteiger partial charge >= 0.3 is 0 Å². The van der Waals surface area contributed by atoms with Crippen LogP contribution >= 0.6 is 23.4 Å². The van der Waals surface area contributed by atoms with Gasteiger partial charge in [-0.1, -0.05) is 66.2 Å². The van der Waals surface area contributed by atoms with Crippen LogP contribution in [0.5, 0.6) is 0 Å². The van der Waals surface area contributed by atoms with Crippen molar-refractivity contribution in [2.24, 2.45) is 0 Å². The van der Waals surface area contributed by atoms with Gasteiger partial charge in [0.1, 0.15) is 12.0 Å². The highest BCUT2D eigenvalue weighted by molar-refractivity contribution is 7.99. The molecule has 6 aromatic rings. The number of aromatic nitrogens is 2. The van der Waals surface area contributed by atoms with Gasteiger partial charge in [-0.25, -0.2) is 18.4 Å². The monoisotopic (exact) mass is 890 g/mol. The Morgan fingerprint density at radius 3 is 2.34 bits per heavy atom. The first kappa shape index (κ1) is 43.4. The molecule has 2 N–H and O–H groups in total. The summed E-state index contributed by atoms with van der Waals surface area (Å²) in [5.41, 5.74) is 5.13. The highest BCUT2D eigenvalue weighted by atomic mass is 35.5. The summed E-state index contributed by atoms with van der Waals surface area (Å²) in [6, 6.07) is 37.1. The quantitative estimate of drug-likeness (QED) is 0.0546. The Balaban J connectivity index is 0.940. The molecule has 1 unspecified atom stereocenters. The van der Waals surface area contributed by atoms with Crippen molar-refractivity contribution >= 4 is 67.2 Å². The van der Waals surface area contributed by atoms with Crippen LogP contribution in [0.15, 0.2) is 131 Å². The van der Waals surface area contributed by atoms with Crippen LogP contribution in [0.3, 0.4) is 0 Å². The van der Waals surface area contributed by atoms with Crippen molar-refractivity contribution in [2.75, 3.05) is 53.4 Å². The molecule has 15 heteroatoms. The normalized spacial score (nSPS) is 17.9. The van der Waals surface area contributed by atoms with E-state index in [4.69, 9.17) is 11.6 Å². The summed E-state index contributed by atoms with van der Waals surface area (Å²) in [6.45, 7) is 9.54. The lowest BCUT2D eigenvalue weighted by molar-refractivity contribution is -0.384. The Hall–Kier alpha value is -5.25. The molecule has 2 aliphatic heterocycles. The predicted octanol–water partition coefficient (Wildman–Crippen LogP) is 9.82. The molecular weight excluding hydrogens is 840 g/mol. The fraction of sp³-hybridized carbons (Fsp3) is 0.319. The average Bonchev–Trinajstić information content (AvgIpc) is 3.61.